The van der Waals surface area contributed by atoms with Gasteiger partial charge in [0.15, 0.2) is 0 Å². The van der Waals surface area contributed by atoms with E-state index in [0.29, 0.717) is 6.04 Å². The second-order valence-corrected chi connectivity index (χ2v) is 6.02. The maximum atomic E-state index is 12.3. The first-order chi connectivity index (χ1) is 9.22. The predicted octanol–water partition coefficient (Wildman–Crippen LogP) is 2.60. The number of nitrogens with one attached hydrogen (secondary N) is 2. The van der Waals surface area contributed by atoms with E-state index in [1.165, 1.54) is 24.0 Å². The Balaban J connectivity index is 1.64. The molecule has 3 rings (SSSR count). The summed E-state index contributed by atoms with van der Waals surface area (Å²) in [6, 6.07) is 6.44. The summed E-state index contributed by atoms with van der Waals surface area (Å²) in [6.07, 6.45) is 4.72. The van der Waals surface area contributed by atoms with Gasteiger partial charge >= 0.3 is 0 Å². The van der Waals surface area contributed by atoms with E-state index < -0.39 is 0 Å². The molecule has 1 aliphatic heterocycles. The Labute approximate surface area is 114 Å². The summed E-state index contributed by atoms with van der Waals surface area (Å²) in [4.78, 5) is 12.3. The van der Waals surface area contributed by atoms with Crippen LogP contribution in [0.3, 0.4) is 0 Å². The number of carbonyl (C=O) groups excluding carboxylic acids is 1. The largest absolute Gasteiger partial charge is 0.349 e. The summed E-state index contributed by atoms with van der Waals surface area (Å²) < 4.78 is 0. The van der Waals surface area contributed by atoms with Crippen LogP contribution in [0.4, 0.5) is 0 Å². The van der Waals surface area contributed by atoms with Crippen LogP contribution >= 0.6 is 0 Å². The van der Waals surface area contributed by atoms with Crippen LogP contribution in [0.5, 0.6) is 0 Å². The van der Waals surface area contributed by atoms with Gasteiger partial charge in [0.1, 0.15) is 0 Å². The van der Waals surface area contributed by atoms with Crippen LogP contribution < -0.4 is 10.6 Å². The van der Waals surface area contributed by atoms with Crippen molar-refractivity contribution in [2.45, 2.75) is 51.7 Å². The maximum absolute atomic E-state index is 12.3. The molecule has 0 unspecified atom stereocenters. The van der Waals surface area contributed by atoms with Crippen LogP contribution in [0.1, 0.15) is 54.1 Å². The molecule has 1 saturated carbocycles. The highest BCUT2D eigenvalue weighted by Crippen LogP contribution is 2.24. The summed E-state index contributed by atoms with van der Waals surface area (Å²) in [5.74, 6) is 0.911. The molecule has 0 atom stereocenters. The number of hydrogen-bond acceptors (Lipinski definition) is 2. The van der Waals surface area contributed by atoms with Crippen LogP contribution in [0.15, 0.2) is 18.2 Å². The van der Waals surface area contributed by atoms with E-state index in [4.69, 9.17) is 0 Å². The van der Waals surface area contributed by atoms with E-state index in [2.05, 4.69) is 23.6 Å². The van der Waals surface area contributed by atoms with Gasteiger partial charge in [-0.1, -0.05) is 13.0 Å². The molecule has 1 aromatic carbocycles. The third-order valence-electron chi connectivity index (χ3n) is 4.45. The van der Waals surface area contributed by atoms with Crippen molar-refractivity contribution in [3.8, 4) is 0 Å². The van der Waals surface area contributed by atoms with Crippen molar-refractivity contribution in [2.24, 2.45) is 5.92 Å². The highest BCUT2D eigenvalue weighted by atomic mass is 16.1. The van der Waals surface area contributed by atoms with Gasteiger partial charge in [-0.2, -0.15) is 0 Å². The van der Waals surface area contributed by atoms with Crippen molar-refractivity contribution in [3.63, 3.8) is 0 Å². The Morgan fingerprint density at radius 1 is 1.16 bits per heavy atom. The second kappa shape index (κ2) is 5.33. The smallest absolute Gasteiger partial charge is 0.251 e. The van der Waals surface area contributed by atoms with E-state index in [1.807, 2.05) is 12.1 Å². The van der Waals surface area contributed by atoms with Crippen molar-refractivity contribution in [3.05, 3.63) is 34.9 Å². The summed E-state index contributed by atoms with van der Waals surface area (Å²) in [5, 5.41) is 6.50. The van der Waals surface area contributed by atoms with Crippen molar-refractivity contribution in [1.82, 2.24) is 10.6 Å². The average molecular weight is 258 g/mol. The minimum Gasteiger partial charge on any atom is -0.349 e. The normalized spacial score (nSPS) is 25.9. The molecule has 3 nitrogen and oxygen atoms in total. The van der Waals surface area contributed by atoms with Crippen LogP contribution in [0, 0.1) is 5.92 Å². The molecular formula is C16H22N2O. The Morgan fingerprint density at radius 3 is 2.68 bits per heavy atom. The highest BCUT2D eigenvalue weighted by molar-refractivity contribution is 5.94. The lowest BCUT2D eigenvalue weighted by Gasteiger charge is -2.27. The molecule has 3 heteroatoms. The van der Waals surface area contributed by atoms with Crippen LogP contribution in [0.25, 0.3) is 0 Å². The average Bonchev–Trinajstić information content (AvgIpc) is 2.88. The van der Waals surface area contributed by atoms with Gasteiger partial charge in [-0.25, -0.2) is 0 Å². The standard InChI is InChI=1S/C16H22N2O/c1-11-2-6-15(7-3-11)18-16(19)12-4-5-13-9-17-10-14(13)8-12/h4-5,8,11,15,17H,2-3,6-7,9-10H2,1H3,(H,18,19). The fourth-order valence-electron chi connectivity index (χ4n) is 3.11. The molecule has 102 valence electrons. The molecule has 1 heterocycles. The summed E-state index contributed by atoms with van der Waals surface area (Å²) in [5.41, 5.74) is 3.40. The zero-order valence-corrected chi connectivity index (χ0v) is 11.5. The van der Waals surface area contributed by atoms with Gasteiger partial charge in [0.05, 0.1) is 0 Å². The first kappa shape index (κ1) is 12.7. The van der Waals surface area contributed by atoms with Gasteiger partial charge in [0.2, 0.25) is 0 Å². The number of rotatable bonds is 2. The Bertz CT molecular complexity index is 476. The summed E-state index contributed by atoms with van der Waals surface area (Å²) in [6.45, 7) is 4.11. The number of hydrogen-bond donors (Lipinski definition) is 2. The van der Waals surface area contributed by atoms with E-state index in [9.17, 15) is 4.79 Å². The van der Waals surface area contributed by atoms with Gasteiger partial charge < -0.3 is 10.6 Å². The highest BCUT2D eigenvalue weighted by Gasteiger charge is 2.21. The van der Waals surface area contributed by atoms with Crippen molar-refractivity contribution in [1.29, 1.82) is 0 Å². The Hall–Kier alpha value is -1.35. The first-order valence-corrected chi connectivity index (χ1v) is 7.36. The molecule has 2 N–H and O–H groups in total. The summed E-state index contributed by atoms with van der Waals surface area (Å²) in [7, 11) is 0. The Kier molecular flexibility index (Phi) is 3.56. The van der Waals surface area contributed by atoms with E-state index in [0.717, 1.165) is 37.4 Å². The van der Waals surface area contributed by atoms with Crippen LogP contribution in [-0.4, -0.2) is 11.9 Å². The molecule has 0 aromatic heterocycles. The summed E-state index contributed by atoms with van der Waals surface area (Å²) >= 11 is 0. The lowest BCUT2D eigenvalue weighted by molar-refractivity contribution is 0.0923. The topological polar surface area (TPSA) is 41.1 Å². The van der Waals surface area contributed by atoms with Gasteiger partial charge in [-0.15, -0.1) is 0 Å². The maximum Gasteiger partial charge on any atom is 0.251 e. The van der Waals surface area contributed by atoms with Crippen molar-refractivity contribution < 1.29 is 4.79 Å². The minimum absolute atomic E-state index is 0.0919. The van der Waals surface area contributed by atoms with Crippen molar-refractivity contribution >= 4 is 5.91 Å². The molecule has 0 spiro atoms. The predicted molar refractivity (Wildman–Crippen MR) is 75.9 cm³/mol. The van der Waals surface area contributed by atoms with E-state index in [-0.39, 0.29) is 5.91 Å². The first-order valence-electron chi connectivity index (χ1n) is 7.36. The van der Waals surface area contributed by atoms with E-state index in [1.54, 1.807) is 0 Å². The van der Waals surface area contributed by atoms with Crippen molar-refractivity contribution in [2.75, 3.05) is 0 Å². The number of fused-ring (bicyclic) bond motifs is 1. The Morgan fingerprint density at radius 2 is 1.89 bits per heavy atom. The molecule has 0 bridgehead atoms. The third kappa shape index (κ3) is 2.81. The van der Waals surface area contributed by atoms with E-state index >= 15 is 0 Å². The SMILES string of the molecule is CC1CCC(NC(=O)c2ccc3c(c2)CNC3)CC1. The van der Waals surface area contributed by atoms with Gasteiger partial charge in [0, 0.05) is 24.7 Å². The lowest BCUT2D eigenvalue weighted by atomic mass is 9.87. The zero-order valence-electron chi connectivity index (χ0n) is 11.5. The third-order valence-corrected chi connectivity index (χ3v) is 4.45. The molecule has 0 saturated heterocycles. The lowest BCUT2D eigenvalue weighted by Crippen LogP contribution is -2.37. The quantitative estimate of drug-likeness (QED) is 0.856. The minimum atomic E-state index is 0.0919. The molecule has 2 aliphatic rings. The molecular weight excluding hydrogens is 236 g/mol. The van der Waals surface area contributed by atoms with Gasteiger partial charge in [0.25, 0.3) is 5.91 Å². The molecule has 19 heavy (non-hydrogen) atoms. The number of benzene rings is 1. The number of amides is 1. The van der Waals surface area contributed by atoms with Gasteiger partial charge in [-0.05, 0) is 54.9 Å². The molecule has 1 amide bonds. The molecule has 0 radical (unpaired) electrons. The van der Waals surface area contributed by atoms with Crippen LogP contribution in [-0.2, 0) is 13.1 Å². The zero-order chi connectivity index (χ0) is 13.2. The van der Waals surface area contributed by atoms with Crippen LogP contribution in [0.2, 0.25) is 0 Å². The number of carbonyl (C=O) groups is 1. The van der Waals surface area contributed by atoms with Gasteiger partial charge in [-0.3, -0.25) is 4.79 Å². The fraction of sp³-hybridized carbons (Fsp3) is 0.562. The second-order valence-electron chi connectivity index (χ2n) is 6.02. The molecule has 1 aliphatic carbocycles. The fourth-order valence-corrected chi connectivity index (χ4v) is 3.11. The molecule has 1 fully saturated rings. The monoisotopic (exact) mass is 258 g/mol. The molecule has 1 aromatic rings.